The second-order valence-corrected chi connectivity index (χ2v) is 19.3. The molecule has 17 heteroatoms. The maximum Gasteiger partial charge on any atom is 0.224 e. The second kappa shape index (κ2) is 39.0. The highest BCUT2D eigenvalue weighted by Crippen LogP contribution is 2.40. The van der Waals surface area contributed by atoms with Gasteiger partial charge in [0.1, 0.15) is 47.5 Å². The van der Waals surface area contributed by atoms with Crippen molar-refractivity contribution < 1.29 is 72.9 Å². The van der Waals surface area contributed by atoms with E-state index in [9.17, 15) is 49.2 Å². The number of ketones is 4. The Morgan fingerprint density at radius 1 is 0.583 bits per heavy atom. The zero-order chi connectivity index (χ0) is 53.0. The summed E-state index contributed by atoms with van der Waals surface area (Å²) in [7, 11) is 0. The summed E-state index contributed by atoms with van der Waals surface area (Å²) in [6, 6.07) is 4.66. The van der Waals surface area contributed by atoms with Crippen LogP contribution in [0, 0.1) is 5.41 Å². The molecule has 1 saturated heterocycles. The molecule has 0 spiro atoms. The number of aryl methyl sites for hydroxylation is 1. The fraction of sp³-hybridized carbons (Fsp3) is 0.782. The van der Waals surface area contributed by atoms with Gasteiger partial charge in [-0.15, -0.1) is 0 Å². The number of unbranched alkanes of at least 4 members (excludes halogenated alkanes) is 5. The fourth-order valence-corrected chi connectivity index (χ4v) is 9.24. The summed E-state index contributed by atoms with van der Waals surface area (Å²) in [5.41, 5.74) is 1.85. The third-order valence-corrected chi connectivity index (χ3v) is 13.2. The van der Waals surface area contributed by atoms with E-state index in [-0.39, 0.29) is 55.5 Å². The van der Waals surface area contributed by atoms with E-state index in [0.29, 0.717) is 128 Å². The maximum absolute atomic E-state index is 14.3. The molecule has 0 bridgehead atoms. The predicted octanol–water partition coefficient (Wildman–Crippen LogP) is 6.96. The summed E-state index contributed by atoms with van der Waals surface area (Å²) in [6.45, 7) is 8.52. The van der Waals surface area contributed by atoms with E-state index in [1.165, 1.54) is 6.92 Å². The Balaban J connectivity index is 1.76. The number of anilines is 1. The monoisotopic (exact) mass is 1020 g/mol. The number of hydrogen-bond donors (Lipinski definition) is 6. The number of ether oxygens (including phenoxy) is 5. The average Bonchev–Trinajstić information content (AvgIpc) is 3.35. The van der Waals surface area contributed by atoms with Gasteiger partial charge in [-0.2, -0.15) is 0 Å². The van der Waals surface area contributed by atoms with Crippen molar-refractivity contribution in [3.05, 3.63) is 29.3 Å². The lowest BCUT2D eigenvalue weighted by atomic mass is 9.69. The van der Waals surface area contributed by atoms with Gasteiger partial charge in [-0.1, -0.05) is 52.5 Å². The van der Waals surface area contributed by atoms with Crippen molar-refractivity contribution in [2.75, 3.05) is 58.2 Å². The number of nitrogens with one attached hydrogen (secondary N) is 2. The molecule has 1 aliphatic heterocycles. The fourth-order valence-electron chi connectivity index (χ4n) is 9.24. The van der Waals surface area contributed by atoms with Crippen LogP contribution in [-0.2, 0) is 65.5 Å². The van der Waals surface area contributed by atoms with E-state index in [0.717, 1.165) is 68.9 Å². The van der Waals surface area contributed by atoms with Crippen LogP contribution in [-0.4, -0.2) is 139 Å². The van der Waals surface area contributed by atoms with Gasteiger partial charge in [0.25, 0.3) is 0 Å². The summed E-state index contributed by atoms with van der Waals surface area (Å²) in [5, 5.41) is 45.0. The maximum atomic E-state index is 14.3. The molecule has 0 radical (unpaired) electrons. The Kier molecular flexibility index (Phi) is 35.0. The Bertz CT molecular complexity index is 1660. The molecule has 412 valence electrons. The number of carbonyl (C=O) groups excluding carboxylic acids is 6. The Labute approximate surface area is 429 Å². The zero-order valence-electron chi connectivity index (χ0n) is 44.2. The zero-order valence-corrected chi connectivity index (χ0v) is 44.2. The lowest BCUT2D eigenvalue weighted by Crippen LogP contribution is -2.64. The summed E-state index contributed by atoms with van der Waals surface area (Å²) in [5.74, 6) is 0.190. The number of carbonyl (C=O) groups is 6. The van der Waals surface area contributed by atoms with Gasteiger partial charge >= 0.3 is 0 Å². The summed E-state index contributed by atoms with van der Waals surface area (Å²) in [4.78, 5) is 76.7. The molecule has 5 atom stereocenters. The first-order valence-electron chi connectivity index (χ1n) is 27.1. The van der Waals surface area contributed by atoms with E-state index in [1.807, 2.05) is 32.9 Å². The molecule has 2 amide bonds. The molecule has 0 aromatic heterocycles. The highest BCUT2D eigenvalue weighted by atomic mass is 16.7. The highest BCUT2D eigenvalue weighted by molar-refractivity contribution is 5.91. The second-order valence-electron chi connectivity index (χ2n) is 19.3. The molecule has 2 rings (SSSR count). The number of benzene rings is 1. The van der Waals surface area contributed by atoms with Crippen molar-refractivity contribution in [2.45, 2.75) is 219 Å². The van der Waals surface area contributed by atoms with Crippen LogP contribution < -0.4 is 10.6 Å². The van der Waals surface area contributed by atoms with Crippen molar-refractivity contribution in [3.63, 3.8) is 0 Å². The van der Waals surface area contributed by atoms with Gasteiger partial charge < -0.3 is 54.7 Å². The van der Waals surface area contributed by atoms with Gasteiger partial charge in [-0.25, -0.2) is 0 Å². The molecule has 6 N–H and O–H groups in total. The van der Waals surface area contributed by atoms with E-state index < -0.39 is 48.6 Å². The molecule has 0 aliphatic carbocycles. The molecular formula is C55H92N2O15. The van der Waals surface area contributed by atoms with Crippen LogP contribution in [0.3, 0.4) is 0 Å². The standard InChI is InChI=1S/C55H92N2O15/c1-5-18-45(61)20-14-26-55(27-15-21-46(62)19-6-2,49(64)24-12-10-8-9-11-13-25-50(65)57-44-37-42(7-3)36-43(38-44)39-58)28-16-22-47(63)23-17-29-68-30-31-69-32-33-70-34-35-71-54-51(56-41(4)60)53(67)52(66)48(40-59)72-54/h36-38,48,51-54,58-59,66-67H,5-35,39-40H2,1-4H3,(H,56,60)(H,57,65). The summed E-state index contributed by atoms with van der Waals surface area (Å²) >= 11 is 0. The summed E-state index contributed by atoms with van der Waals surface area (Å²) < 4.78 is 27.9. The topological polar surface area (TPSA) is 254 Å². The predicted molar refractivity (Wildman–Crippen MR) is 274 cm³/mol. The average molecular weight is 1020 g/mol. The number of Topliss-reactive ketones (excluding diaryl/α,β-unsaturated/α-hetero) is 4. The first-order valence-corrected chi connectivity index (χ1v) is 27.1. The van der Waals surface area contributed by atoms with Crippen LogP contribution in [0.15, 0.2) is 18.2 Å². The number of rotatable bonds is 45. The molecule has 17 nitrogen and oxygen atoms in total. The van der Waals surface area contributed by atoms with Crippen LogP contribution in [0.1, 0.15) is 187 Å². The minimum absolute atomic E-state index is 0.0446. The van der Waals surface area contributed by atoms with Crippen molar-refractivity contribution in [1.82, 2.24) is 5.32 Å². The number of aliphatic hydroxyl groups is 4. The van der Waals surface area contributed by atoms with Gasteiger partial charge in [0.15, 0.2) is 6.29 Å². The number of hydrogen-bond acceptors (Lipinski definition) is 15. The third kappa shape index (κ3) is 27.1. The lowest BCUT2D eigenvalue weighted by molar-refractivity contribution is -0.272. The smallest absolute Gasteiger partial charge is 0.224 e. The van der Waals surface area contributed by atoms with Gasteiger partial charge in [-0.05, 0) is 100 Å². The van der Waals surface area contributed by atoms with Gasteiger partial charge in [0.2, 0.25) is 11.8 Å². The number of amides is 2. The molecule has 1 aromatic rings. The van der Waals surface area contributed by atoms with Crippen LogP contribution in [0.25, 0.3) is 0 Å². The van der Waals surface area contributed by atoms with Crippen LogP contribution >= 0.6 is 0 Å². The SMILES string of the molecule is CCCC(=O)CCCC(CCCC(=O)CCC)(CCCC(=O)CCCOCCOCCOCCOC1OC(CO)C(O)C(O)C1NC(C)=O)C(=O)CCCCCCCCC(=O)Nc1cc(CC)cc(CO)c1. The molecule has 1 aromatic carbocycles. The Hall–Kier alpha value is -3.52. The van der Waals surface area contributed by atoms with Crippen molar-refractivity contribution in [3.8, 4) is 0 Å². The molecular weight excluding hydrogens is 929 g/mol. The van der Waals surface area contributed by atoms with Gasteiger partial charge in [0, 0.05) is 76.0 Å². The van der Waals surface area contributed by atoms with Gasteiger partial charge in [0.05, 0.1) is 52.9 Å². The lowest BCUT2D eigenvalue weighted by Gasteiger charge is -2.42. The molecule has 1 heterocycles. The first-order chi connectivity index (χ1) is 34.7. The normalized spacial score (nSPS) is 18.0. The largest absolute Gasteiger partial charge is 0.394 e. The van der Waals surface area contributed by atoms with Crippen LogP contribution in [0.2, 0.25) is 0 Å². The quantitative estimate of drug-likeness (QED) is 0.0361. The van der Waals surface area contributed by atoms with Gasteiger partial charge in [-0.3, -0.25) is 28.8 Å². The van der Waals surface area contributed by atoms with E-state index >= 15 is 0 Å². The first kappa shape index (κ1) is 64.6. The van der Waals surface area contributed by atoms with E-state index in [2.05, 4.69) is 10.6 Å². The van der Waals surface area contributed by atoms with Crippen molar-refractivity contribution in [2.24, 2.45) is 5.41 Å². The van der Waals surface area contributed by atoms with E-state index in [4.69, 9.17) is 23.7 Å². The number of aliphatic hydroxyl groups excluding tert-OH is 4. The van der Waals surface area contributed by atoms with Crippen molar-refractivity contribution in [1.29, 1.82) is 0 Å². The Morgan fingerprint density at radius 3 is 1.61 bits per heavy atom. The van der Waals surface area contributed by atoms with Crippen LogP contribution in [0.5, 0.6) is 0 Å². The third-order valence-electron chi connectivity index (χ3n) is 13.2. The Morgan fingerprint density at radius 2 is 1.08 bits per heavy atom. The van der Waals surface area contributed by atoms with Crippen LogP contribution in [0.4, 0.5) is 5.69 Å². The minimum Gasteiger partial charge on any atom is -0.394 e. The molecule has 1 fully saturated rings. The molecule has 72 heavy (non-hydrogen) atoms. The molecule has 5 unspecified atom stereocenters. The highest BCUT2D eigenvalue weighted by Gasteiger charge is 2.45. The molecule has 0 saturated carbocycles. The minimum atomic E-state index is -1.39. The molecule has 1 aliphatic rings. The van der Waals surface area contributed by atoms with Crippen molar-refractivity contribution >= 4 is 40.6 Å². The van der Waals surface area contributed by atoms with E-state index in [1.54, 1.807) is 6.07 Å². The summed E-state index contributed by atoms with van der Waals surface area (Å²) in [6.07, 6.45) is 10.1.